The van der Waals surface area contributed by atoms with Gasteiger partial charge in [-0.3, -0.25) is 4.79 Å². The van der Waals surface area contributed by atoms with Crippen LogP contribution < -0.4 is 5.32 Å². The number of hydrogen-bond acceptors (Lipinski definition) is 3. The standard InChI is InChI=1S/C12H9F3N2O2/c13-8-2-3-9(12(15)11(8)14)17-10(18)4-1-7-5-19-6-16-7/h2-3,5-6H,1,4H2,(H,17,18). The van der Waals surface area contributed by atoms with Gasteiger partial charge in [-0.2, -0.15) is 0 Å². The van der Waals surface area contributed by atoms with E-state index in [1.807, 2.05) is 0 Å². The molecular weight excluding hydrogens is 261 g/mol. The average Bonchev–Trinajstić information content (AvgIpc) is 2.90. The van der Waals surface area contributed by atoms with Crippen molar-refractivity contribution in [3.8, 4) is 0 Å². The molecule has 2 aromatic rings. The Balaban J connectivity index is 1.97. The predicted molar refractivity (Wildman–Crippen MR) is 59.8 cm³/mol. The summed E-state index contributed by atoms with van der Waals surface area (Å²) < 4.78 is 43.6. The van der Waals surface area contributed by atoms with E-state index < -0.39 is 29.0 Å². The molecule has 19 heavy (non-hydrogen) atoms. The molecule has 1 amide bonds. The fourth-order valence-corrected chi connectivity index (χ4v) is 1.44. The van der Waals surface area contributed by atoms with E-state index >= 15 is 0 Å². The normalized spacial score (nSPS) is 10.5. The summed E-state index contributed by atoms with van der Waals surface area (Å²) in [7, 11) is 0. The number of nitrogens with zero attached hydrogens (tertiary/aromatic N) is 1. The van der Waals surface area contributed by atoms with Crippen molar-refractivity contribution in [1.82, 2.24) is 4.98 Å². The van der Waals surface area contributed by atoms with Crippen LogP contribution in [-0.4, -0.2) is 10.9 Å². The van der Waals surface area contributed by atoms with E-state index in [9.17, 15) is 18.0 Å². The number of halogens is 3. The maximum Gasteiger partial charge on any atom is 0.224 e. The molecule has 0 saturated carbocycles. The molecule has 0 aliphatic rings. The third-order valence-electron chi connectivity index (χ3n) is 2.40. The zero-order valence-electron chi connectivity index (χ0n) is 9.62. The van der Waals surface area contributed by atoms with Crippen molar-refractivity contribution in [2.45, 2.75) is 12.8 Å². The topological polar surface area (TPSA) is 55.1 Å². The number of amides is 1. The molecule has 1 heterocycles. The number of carbonyl (C=O) groups is 1. The molecular formula is C12H9F3N2O2. The van der Waals surface area contributed by atoms with Gasteiger partial charge in [0.1, 0.15) is 6.26 Å². The summed E-state index contributed by atoms with van der Waals surface area (Å²) in [5.41, 5.74) is 0.171. The number of anilines is 1. The fraction of sp³-hybridized carbons (Fsp3) is 0.167. The minimum absolute atomic E-state index is 0.0188. The van der Waals surface area contributed by atoms with Gasteiger partial charge in [0.25, 0.3) is 0 Å². The molecule has 100 valence electrons. The van der Waals surface area contributed by atoms with E-state index in [0.717, 1.165) is 12.1 Å². The summed E-state index contributed by atoms with van der Waals surface area (Å²) in [6, 6.07) is 1.70. The van der Waals surface area contributed by atoms with Gasteiger partial charge in [0.2, 0.25) is 5.91 Å². The van der Waals surface area contributed by atoms with Gasteiger partial charge in [0.15, 0.2) is 23.8 Å². The lowest BCUT2D eigenvalue weighted by atomic mass is 10.2. The third kappa shape index (κ3) is 3.12. The van der Waals surface area contributed by atoms with E-state index in [1.165, 1.54) is 12.7 Å². The van der Waals surface area contributed by atoms with Crippen molar-refractivity contribution in [3.05, 3.63) is 47.9 Å². The molecule has 0 aliphatic heterocycles. The Bertz CT molecular complexity index is 585. The Morgan fingerprint density at radius 2 is 2.05 bits per heavy atom. The Morgan fingerprint density at radius 3 is 2.74 bits per heavy atom. The molecule has 0 aliphatic carbocycles. The summed E-state index contributed by atoms with van der Waals surface area (Å²) >= 11 is 0. The average molecular weight is 270 g/mol. The molecule has 0 spiro atoms. The van der Waals surface area contributed by atoms with Crippen LogP contribution in [0.2, 0.25) is 0 Å². The summed E-state index contributed by atoms with van der Waals surface area (Å²) in [6.07, 6.45) is 2.92. The lowest BCUT2D eigenvalue weighted by Gasteiger charge is -2.06. The number of aromatic nitrogens is 1. The third-order valence-corrected chi connectivity index (χ3v) is 2.40. The molecule has 0 atom stereocenters. The van der Waals surface area contributed by atoms with Crippen molar-refractivity contribution in [3.63, 3.8) is 0 Å². The van der Waals surface area contributed by atoms with Crippen molar-refractivity contribution >= 4 is 11.6 Å². The molecule has 0 bridgehead atoms. The highest BCUT2D eigenvalue weighted by Crippen LogP contribution is 2.19. The van der Waals surface area contributed by atoms with Gasteiger partial charge in [-0.1, -0.05) is 0 Å². The van der Waals surface area contributed by atoms with Crippen LogP contribution in [0.25, 0.3) is 0 Å². The maximum absolute atomic E-state index is 13.3. The van der Waals surface area contributed by atoms with Gasteiger partial charge in [0, 0.05) is 12.8 Å². The van der Waals surface area contributed by atoms with Crippen molar-refractivity contribution in [2.75, 3.05) is 5.32 Å². The predicted octanol–water partition coefficient (Wildman–Crippen LogP) is 2.66. The van der Waals surface area contributed by atoms with Crippen molar-refractivity contribution in [1.29, 1.82) is 0 Å². The molecule has 7 heteroatoms. The van der Waals surface area contributed by atoms with Crippen LogP contribution in [0.1, 0.15) is 12.1 Å². The monoisotopic (exact) mass is 270 g/mol. The van der Waals surface area contributed by atoms with E-state index in [4.69, 9.17) is 4.42 Å². The zero-order valence-corrected chi connectivity index (χ0v) is 9.62. The number of rotatable bonds is 4. The van der Waals surface area contributed by atoms with E-state index in [2.05, 4.69) is 10.3 Å². The van der Waals surface area contributed by atoms with Gasteiger partial charge in [-0.05, 0) is 12.1 Å². The second-order valence-electron chi connectivity index (χ2n) is 3.75. The molecule has 2 rings (SSSR count). The first-order chi connectivity index (χ1) is 9.08. The van der Waals surface area contributed by atoms with Crippen LogP contribution in [0, 0.1) is 17.5 Å². The van der Waals surface area contributed by atoms with Crippen LogP contribution in [0.4, 0.5) is 18.9 Å². The maximum atomic E-state index is 13.3. The highest BCUT2D eigenvalue weighted by molar-refractivity contribution is 5.90. The highest BCUT2D eigenvalue weighted by atomic mass is 19.2. The molecule has 1 N–H and O–H groups in total. The zero-order chi connectivity index (χ0) is 13.8. The van der Waals surface area contributed by atoms with Crippen LogP contribution >= 0.6 is 0 Å². The molecule has 0 saturated heterocycles. The molecule has 1 aromatic heterocycles. The Labute approximate surface area is 106 Å². The Morgan fingerprint density at radius 1 is 1.26 bits per heavy atom. The van der Waals surface area contributed by atoms with Gasteiger partial charge < -0.3 is 9.73 Å². The van der Waals surface area contributed by atoms with E-state index in [1.54, 1.807) is 0 Å². The summed E-state index contributed by atoms with van der Waals surface area (Å²) in [5, 5.41) is 2.16. The van der Waals surface area contributed by atoms with Crippen molar-refractivity contribution < 1.29 is 22.4 Å². The van der Waals surface area contributed by atoms with Crippen molar-refractivity contribution in [2.24, 2.45) is 0 Å². The van der Waals surface area contributed by atoms with E-state index in [-0.39, 0.29) is 6.42 Å². The van der Waals surface area contributed by atoms with Gasteiger partial charge in [-0.25, -0.2) is 18.2 Å². The molecule has 4 nitrogen and oxygen atoms in total. The second-order valence-corrected chi connectivity index (χ2v) is 3.75. The minimum atomic E-state index is -1.62. The lowest BCUT2D eigenvalue weighted by Crippen LogP contribution is -2.14. The molecule has 0 fully saturated rings. The summed E-state index contributed by atoms with van der Waals surface area (Å²) in [4.78, 5) is 15.3. The van der Waals surface area contributed by atoms with Gasteiger partial charge in [0.05, 0.1) is 11.4 Å². The molecule has 0 radical (unpaired) electrons. The molecule has 0 unspecified atom stereocenters. The number of benzene rings is 1. The SMILES string of the molecule is O=C(CCc1cocn1)Nc1ccc(F)c(F)c1F. The Kier molecular flexibility index (Phi) is 3.84. The summed E-state index contributed by atoms with van der Waals surface area (Å²) in [6.45, 7) is 0. The van der Waals surface area contributed by atoms with Gasteiger partial charge >= 0.3 is 0 Å². The molecule has 1 aromatic carbocycles. The van der Waals surface area contributed by atoms with E-state index in [0.29, 0.717) is 12.1 Å². The smallest absolute Gasteiger partial charge is 0.224 e. The lowest BCUT2D eigenvalue weighted by molar-refractivity contribution is -0.116. The second kappa shape index (κ2) is 5.55. The number of hydrogen-bond donors (Lipinski definition) is 1. The van der Waals surface area contributed by atoms with Gasteiger partial charge in [-0.15, -0.1) is 0 Å². The number of oxazole rings is 1. The quantitative estimate of drug-likeness (QED) is 0.869. The number of nitrogens with one attached hydrogen (secondary N) is 1. The largest absolute Gasteiger partial charge is 0.451 e. The first kappa shape index (κ1) is 13.1. The number of carbonyl (C=O) groups excluding carboxylic acids is 1. The van der Waals surface area contributed by atoms with Crippen LogP contribution in [-0.2, 0) is 11.2 Å². The van der Waals surface area contributed by atoms with Crippen LogP contribution in [0.3, 0.4) is 0 Å². The number of aryl methyl sites for hydroxylation is 1. The van der Waals surface area contributed by atoms with Crippen LogP contribution in [0.5, 0.6) is 0 Å². The first-order valence-corrected chi connectivity index (χ1v) is 5.38. The minimum Gasteiger partial charge on any atom is -0.451 e. The highest BCUT2D eigenvalue weighted by Gasteiger charge is 2.15. The summed E-state index contributed by atoms with van der Waals surface area (Å²) in [5.74, 6) is -4.88. The fourth-order valence-electron chi connectivity index (χ4n) is 1.44. The first-order valence-electron chi connectivity index (χ1n) is 5.38. The van der Waals surface area contributed by atoms with Crippen LogP contribution in [0.15, 0.2) is 29.2 Å². The Hall–Kier alpha value is -2.31.